The van der Waals surface area contributed by atoms with Crippen molar-refractivity contribution in [1.82, 2.24) is 19.9 Å². The predicted octanol–water partition coefficient (Wildman–Crippen LogP) is 2.76. The lowest BCUT2D eigenvalue weighted by Crippen LogP contribution is -2.45. The zero-order valence-electron chi connectivity index (χ0n) is 17.7. The van der Waals surface area contributed by atoms with Gasteiger partial charge in [0, 0.05) is 36.8 Å². The van der Waals surface area contributed by atoms with E-state index in [-0.39, 0.29) is 0 Å². The summed E-state index contributed by atoms with van der Waals surface area (Å²) in [6.07, 6.45) is 2.09. The summed E-state index contributed by atoms with van der Waals surface area (Å²) in [5.74, 6) is 2.50. The van der Waals surface area contributed by atoms with E-state index in [0.29, 0.717) is 23.0 Å². The van der Waals surface area contributed by atoms with Gasteiger partial charge in [-0.3, -0.25) is 4.99 Å². The zero-order chi connectivity index (χ0) is 21.1. The number of hydrogen-bond donors (Lipinski definition) is 2. The average Bonchev–Trinajstić information content (AvgIpc) is 3.19. The number of aliphatic imine (C=N–C) groups is 1. The fourth-order valence-electron chi connectivity index (χ4n) is 3.22. The van der Waals surface area contributed by atoms with Crippen LogP contribution in [0.2, 0.25) is 0 Å². The molecule has 0 unspecified atom stereocenters. The van der Waals surface area contributed by atoms with E-state index >= 15 is 0 Å². The number of piperazine rings is 1. The molecule has 0 radical (unpaired) electrons. The van der Waals surface area contributed by atoms with E-state index in [0.717, 1.165) is 49.1 Å². The topological polar surface area (TPSA) is 95.6 Å². The van der Waals surface area contributed by atoms with Crippen LogP contribution < -0.4 is 16.0 Å². The van der Waals surface area contributed by atoms with Crippen LogP contribution in [-0.4, -0.2) is 65.5 Å². The van der Waals surface area contributed by atoms with Crippen LogP contribution in [0.5, 0.6) is 0 Å². The quantitative estimate of drug-likeness (QED) is 0.708. The molecule has 2 aliphatic rings. The second-order valence-electron chi connectivity index (χ2n) is 7.90. The number of likely N-dealkylation sites (N-methyl/N-ethyl adjacent to an activating group) is 1. The Bertz CT molecular complexity index is 946. The Morgan fingerprint density at radius 2 is 1.77 bits per heavy atom. The summed E-state index contributed by atoms with van der Waals surface area (Å²) in [4.78, 5) is 24.2. The normalized spacial score (nSPS) is 17.3. The van der Waals surface area contributed by atoms with Crippen LogP contribution in [0.25, 0.3) is 0 Å². The molecule has 0 amide bonds. The average molecular weight is 425 g/mol. The van der Waals surface area contributed by atoms with E-state index in [1.807, 2.05) is 24.3 Å². The van der Waals surface area contributed by atoms with Gasteiger partial charge in [-0.1, -0.05) is 13.8 Å². The van der Waals surface area contributed by atoms with E-state index < -0.39 is 0 Å². The first-order chi connectivity index (χ1) is 14.5. The van der Waals surface area contributed by atoms with Crippen molar-refractivity contribution in [3.05, 3.63) is 35.9 Å². The Kier molecular flexibility index (Phi) is 6.19. The minimum Gasteiger partial charge on any atom is -0.399 e. The van der Waals surface area contributed by atoms with Crippen LogP contribution >= 0.6 is 11.8 Å². The Morgan fingerprint density at radius 1 is 1.03 bits per heavy atom. The van der Waals surface area contributed by atoms with Gasteiger partial charge in [-0.25, -0.2) is 0 Å². The highest BCUT2D eigenvalue weighted by molar-refractivity contribution is 7.99. The van der Waals surface area contributed by atoms with Crippen molar-refractivity contribution >= 4 is 35.2 Å². The van der Waals surface area contributed by atoms with Gasteiger partial charge in [0.05, 0.1) is 6.54 Å². The third-order valence-corrected chi connectivity index (χ3v) is 6.09. The van der Waals surface area contributed by atoms with Crippen LogP contribution in [0.4, 0.5) is 17.6 Å². The molecule has 1 aromatic carbocycles. The summed E-state index contributed by atoms with van der Waals surface area (Å²) in [6, 6.07) is 7.72. The molecule has 2 aliphatic heterocycles. The van der Waals surface area contributed by atoms with E-state index in [1.165, 1.54) is 17.3 Å². The summed E-state index contributed by atoms with van der Waals surface area (Å²) in [6.45, 7) is 8.85. The van der Waals surface area contributed by atoms with Crippen molar-refractivity contribution in [2.45, 2.75) is 23.9 Å². The molecular formula is C21H28N8S. The molecule has 30 heavy (non-hydrogen) atoms. The van der Waals surface area contributed by atoms with Gasteiger partial charge in [0.1, 0.15) is 5.84 Å². The lowest BCUT2D eigenvalue weighted by molar-refractivity contribution is 0.311. The van der Waals surface area contributed by atoms with E-state index in [2.05, 4.69) is 52.1 Å². The lowest BCUT2D eigenvalue weighted by atomic mass is 10.0. The SMILES string of the molecule is CC(C)C1=CC(Nc2nc(Sc3ccc(N)cc3)nc(N3CCN(C)CC3)n2)=NC1. The molecule has 0 atom stereocenters. The monoisotopic (exact) mass is 424 g/mol. The predicted molar refractivity (Wildman–Crippen MR) is 123 cm³/mol. The molecular weight excluding hydrogens is 396 g/mol. The van der Waals surface area contributed by atoms with Gasteiger partial charge in [-0.15, -0.1) is 0 Å². The van der Waals surface area contributed by atoms with Gasteiger partial charge >= 0.3 is 0 Å². The Morgan fingerprint density at radius 3 is 2.43 bits per heavy atom. The first-order valence-corrected chi connectivity index (χ1v) is 11.0. The molecule has 2 aromatic rings. The lowest BCUT2D eigenvalue weighted by Gasteiger charge is -2.32. The molecule has 3 N–H and O–H groups in total. The van der Waals surface area contributed by atoms with E-state index in [9.17, 15) is 0 Å². The maximum Gasteiger partial charge on any atom is 0.234 e. The summed E-state index contributed by atoms with van der Waals surface area (Å²) in [5, 5.41) is 3.94. The van der Waals surface area contributed by atoms with Crippen LogP contribution in [0.1, 0.15) is 13.8 Å². The summed E-state index contributed by atoms with van der Waals surface area (Å²) >= 11 is 1.50. The molecule has 0 spiro atoms. The van der Waals surface area contributed by atoms with Crippen molar-refractivity contribution in [2.75, 3.05) is 55.7 Å². The third-order valence-electron chi connectivity index (χ3n) is 5.21. The molecule has 158 valence electrons. The van der Waals surface area contributed by atoms with Crippen molar-refractivity contribution in [3.63, 3.8) is 0 Å². The molecule has 1 aromatic heterocycles. The number of hydrogen-bond acceptors (Lipinski definition) is 9. The van der Waals surface area contributed by atoms with E-state index in [1.54, 1.807) is 0 Å². The second kappa shape index (κ2) is 9.01. The number of aromatic nitrogens is 3. The van der Waals surface area contributed by atoms with Crippen LogP contribution in [0.15, 0.2) is 51.0 Å². The Balaban J connectivity index is 1.59. The number of amidine groups is 1. The number of nitrogens with one attached hydrogen (secondary N) is 1. The van der Waals surface area contributed by atoms with Crippen molar-refractivity contribution in [2.24, 2.45) is 10.9 Å². The molecule has 8 nitrogen and oxygen atoms in total. The molecule has 0 bridgehead atoms. The van der Waals surface area contributed by atoms with Gasteiger partial charge in [-0.2, -0.15) is 15.0 Å². The van der Waals surface area contributed by atoms with Gasteiger partial charge in [0.25, 0.3) is 0 Å². The molecule has 9 heteroatoms. The largest absolute Gasteiger partial charge is 0.399 e. The maximum absolute atomic E-state index is 5.81. The summed E-state index contributed by atoms with van der Waals surface area (Å²) in [7, 11) is 2.14. The number of nitrogens with two attached hydrogens (primary N) is 1. The molecule has 1 saturated heterocycles. The number of nitrogens with zero attached hydrogens (tertiary/aromatic N) is 6. The zero-order valence-corrected chi connectivity index (χ0v) is 18.5. The van der Waals surface area contributed by atoms with Gasteiger partial charge < -0.3 is 20.9 Å². The van der Waals surface area contributed by atoms with Crippen LogP contribution in [-0.2, 0) is 0 Å². The summed E-state index contributed by atoms with van der Waals surface area (Å²) in [5.41, 5.74) is 7.86. The standard InChI is InChI=1S/C21H28N8S/c1-14(2)15-12-18(23-13-15)24-19-25-20(29-10-8-28(3)9-11-29)27-21(26-19)30-17-6-4-16(22)5-7-17/h4-7,12,14H,8-11,13,22H2,1-3H3,(H,23,24,25,26,27). The fraction of sp³-hybridized carbons (Fsp3) is 0.429. The molecule has 4 rings (SSSR count). The third kappa shape index (κ3) is 5.09. The van der Waals surface area contributed by atoms with Gasteiger partial charge in [-0.05, 0) is 60.6 Å². The highest BCUT2D eigenvalue weighted by Crippen LogP contribution is 2.28. The number of rotatable bonds is 5. The van der Waals surface area contributed by atoms with Gasteiger partial charge in [0.2, 0.25) is 11.9 Å². The van der Waals surface area contributed by atoms with Crippen LogP contribution in [0.3, 0.4) is 0 Å². The van der Waals surface area contributed by atoms with E-state index in [4.69, 9.17) is 15.7 Å². The fourth-order valence-corrected chi connectivity index (χ4v) is 3.96. The van der Waals surface area contributed by atoms with Crippen molar-refractivity contribution in [3.8, 4) is 0 Å². The molecule has 1 fully saturated rings. The first-order valence-electron chi connectivity index (χ1n) is 10.2. The second-order valence-corrected chi connectivity index (χ2v) is 8.94. The highest BCUT2D eigenvalue weighted by Gasteiger charge is 2.20. The molecule has 0 saturated carbocycles. The first kappa shape index (κ1) is 20.6. The summed E-state index contributed by atoms with van der Waals surface area (Å²) < 4.78 is 0. The highest BCUT2D eigenvalue weighted by atomic mass is 32.2. The smallest absolute Gasteiger partial charge is 0.234 e. The van der Waals surface area contributed by atoms with Crippen molar-refractivity contribution in [1.29, 1.82) is 0 Å². The number of nitrogen functional groups attached to an aromatic ring is 1. The minimum atomic E-state index is 0.476. The molecule has 0 aliphatic carbocycles. The minimum absolute atomic E-state index is 0.476. The van der Waals surface area contributed by atoms with Crippen molar-refractivity contribution < 1.29 is 0 Å². The Labute approximate surface area is 181 Å². The number of anilines is 3. The molecule has 3 heterocycles. The van der Waals surface area contributed by atoms with Crippen LogP contribution in [0, 0.1) is 5.92 Å². The maximum atomic E-state index is 5.81. The number of benzene rings is 1. The van der Waals surface area contributed by atoms with Gasteiger partial charge in [0.15, 0.2) is 5.16 Å². The Hall–Kier alpha value is -2.65.